The molecule has 20 heavy (non-hydrogen) atoms. The van der Waals surface area contributed by atoms with Gasteiger partial charge in [0.1, 0.15) is 0 Å². The Kier molecular flexibility index (Phi) is 21.7. The fraction of sp³-hybridized carbons (Fsp3) is 1.00. The van der Waals surface area contributed by atoms with Crippen LogP contribution in [0.25, 0.3) is 0 Å². The molecule has 0 aliphatic carbocycles. The molecule has 1 nitrogen and oxygen atoms in total. The number of halogens is 1. The predicted molar refractivity (Wildman–Crippen MR) is 95.8 cm³/mol. The summed E-state index contributed by atoms with van der Waals surface area (Å²) in [4.78, 5) is 0. The third-order valence-corrected chi connectivity index (χ3v) is 4.01. The van der Waals surface area contributed by atoms with Crippen molar-refractivity contribution in [1.29, 1.82) is 0 Å². The highest BCUT2D eigenvalue weighted by Gasteiger charge is 1.95. The molecule has 0 aromatic rings. The molecule has 2 N–H and O–H groups in total. The van der Waals surface area contributed by atoms with Crippen LogP contribution in [0.15, 0.2) is 0 Å². The zero-order chi connectivity index (χ0) is 14.2. The maximum atomic E-state index is 5.74. The summed E-state index contributed by atoms with van der Waals surface area (Å²) in [6.45, 7) is 4.40. The molecule has 0 saturated heterocycles. The largest absolute Gasteiger partial charge is 0.328 e. The van der Waals surface area contributed by atoms with Gasteiger partial charge in [0.2, 0.25) is 0 Å². The molecular formula is C18H40ClN. The number of rotatable bonds is 15. The Labute approximate surface area is 134 Å². The summed E-state index contributed by atoms with van der Waals surface area (Å²) in [6, 6.07) is 0.400. The topological polar surface area (TPSA) is 26.0 Å². The zero-order valence-corrected chi connectivity index (χ0v) is 15.0. The first kappa shape index (κ1) is 22.5. The third kappa shape index (κ3) is 20.6. The lowest BCUT2D eigenvalue weighted by Gasteiger charge is -2.05. The van der Waals surface area contributed by atoms with Gasteiger partial charge >= 0.3 is 0 Å². The van der Waals surface area contributed by atoms with Crippen LogP contribution in [0.3, 0.4) is 0 Å². The highest BCUT2D eigenvalue weighted by Crippen LogP contribution is 2.13. The molecule has 0 aromatic heterocycles. The summed E-state index contributed by atoms with van der Waals surface area (Å²) in [6.07, 6.45) is 21.3. The smallest absolute Gasteiger partial charge is 0.00104 e. The number of nitrogens with two attached hydrogens (primary N) is 1. The maximum Gasteiger partial charge on any atom is 0.00104 e. The van der Waals surface area contributed by atoms with Crippen molar-refractivity contribution < 1.29 is 0 Å². The van der Waals surface area contributed by atoms with Crippen LogP contribution >= 0.6 is 12.4 Å². The van der Waals surface area contributed by atoms with Gasteiger partial charge in [0, 0.05) is 6.04 Å². The second kappa shape index (κ2) is 19.2. The minimum Gasteiger partial charge on any atom is -0.328 e. The van der Waals surface area contributed by atoms with E-state index < -0.39 is 0 Å². The molecule has 0 spiro atoms. The van der Waals surface area contributed by atoms with Crippen LogP contribution in [0.4, 0.5) is 0 Å². The monoisotopic (exact) mass is 305 g/mol. The van der Waals surface area contributed by atoms with Crippen LogP contribution in [0.1, 0.15) is 110 Å². The van der Waals surface area contributed by atoms with Crippen molar-refractivity contribution in [2.75, 3.05) is 0 Å². The molecule has 0 amide bonds. The van der Waals surface area contributed by atoms with Crippen LogP contribution in [0.2, 0.25) is 0 Å². The molecule has 0 heterocycles. The SMILES string of the molecule is CCCCCCCCCCCCCCCCC(C)N.Cl. The van der Waals surface area contributed by atoms with Crippen LogP contribution in [0.5, 0.6) is 0 Å². The molecular weight excluding hydrogens is 266 g/mol. The highest BCUT2D eigenvalue weighted by atomic mass is 35.5. The summed E-state index contributed by atoms with van der Waals surface area (Å²) in [5, 5.41) is 0. The average Bonchev–Trinajstić information content (AvgIpc) is 2.39. The standard InChI is InChI=1S/C18H39N.ClH/c1-3-4-5-6-7-8-9-10-11-12-13-14-15-16-17-18(2)19;/h18H,3-17,19H2,1-2H3;1H. The van der Waals surface area contributed by atoms with Crippen molar-refractivity contribution in [3.63, 3.8) is 0 Å². The molecule has 0 radical (unpaired) electrons. The molecule has 0 fully saturated rings. The van der Waals surface area contributed by atoms with E-state index in [0.717, 1.165) is 0 Å². The lowest BCUT2D eigenvalue weighted by atomic mass is 10.0. The summed E-state index contributed by atoms with van der Waals surface area (Å²) in [5.41, 5.74) is 5.74. The van der Waals surface area contributed by atoms with Gasteiger partial charge in [-0.05, 0) is 13.3 Å². The molecule has 1 unspecified atom stereocenters. The van der Waals surface area contributed by atoms with E-state index in [1.807, 2.05) is 0 Å². The van der Waals surface area contributed by atoms with Gasteiger partial charge in [0.05, 0.1) is 0 Å². The van der Waals surface area contributed by atoms with Gasteiger partial charge in [-0.15, -0.1) is 12.4 Å². The van der Waals surface area contributed by atoms with Gasteiger partial charge in [-0.1, -0.05) is 96.8 Å². The molecule has 1 atom stereocenters. The molecule has 0 rings (SSSR count). The Morgan fingerprint density at radius 2 is 0.900 bits per heavy atom. The van der Waals surface area contributed by atoms with E-state index in [2.05, 4.69) is 13.8 Å². The fourth-order valence-electron chi connectivity index (χ4n) is 2.66. The summed E-state index contributed by atoms with van der Waals surface area (Å²) < 4.78 is 0. The highest BCUT2D eigenvalue weighted by molar-refractivity contribution is 5.85. The third-order valence-electron chi connectivity index (χ3n) is 4.01. The Bertz CT molecular complexity index is 159. The first-order chi connectivity index (χ1) is 9.27. The minimum absolute atomic E-state index is 0. The quantitative estimate of drug-likeness (QED) is 0.338. The molecule has 0 aromatic carbocycles. The summed E-state index contributed by atoms with van der Waals surface area (Å²) in [5.74, 6) is 0. The summed E-state index contributed by atoms with van der Waals surface area (Å²) in [7, 11) is 0. The van der Waals surface area contributed by atoms with Gasteiger partial charge < -0.3 is 5.73 Å². The van der Waals surface area contributed by atoms with Crippen LogP contribution < -0.4 is 5.73 Å². The normalized spacial score (nSPS) is 12.2. The molecule has 0 bridgehead atoms. The Morgan fingerprint density at radius 1 is 0.600 bits per heavy atom. The lowest BCUT2D eigenvalue weighted by molar-refractivity contribution is 0.523. The van der Waals surface area contributed by atoms with Crippen molar-refractivity contribution in [3.8, 4) is 0 Å². The second-order valence-electron chi connectivity index (χ2n) is 6.36. The van der Waals surface area contributed by atoms with Crippen molar-refractivity contribution in [1.82, 2.24) is 0 Å². The van der Waals surface area contributed by atoms with E-state index in [9.17, 15) is 0 Å². The first-order valence-corrected chi connectivity index (χ1v) is 9.03. The first-order valence-electron chi connectivity index (χ1n) is 9.03. The molecule has 0 aliphatic heterocycles. The Morgan fingerprint density at radius 3 is 1.20 bits per heavy atom. The molecule has 2 heteroatoms. The summed E-state index contributed by atoms with van der Waals surface area (Å²) >= 11 is 0. The Balaban J connectivity index is 0. The van der Waals surface area contributed by atoms with Crippen molar-refractivity contribution >= 4 is 12.4 Å². The minimum atomic E-state index is 0. The average molecular weight is 306 g/mol. The molecule has 0 aliphatic rings. The van der Waals surface area contributed by atoms with Crippen molar-refractivity contribution in [2.45, 2.75) is 116 Å². The fourth-order valence-corrected chi connectivity index (χ4v) is 2.66. The second-order valence-corrected chi connectivity index (χ2v) is 6.36. The van der Waals surface area contributed by atoms with E-state index in [-0.39, 0.29) is 12.4 Å². The Hall–Kier alpha value is 0.250. The van der Waals surface area contributed by atoms with Crippen LogP contribution in [-0.4, -0.2) is 6.04 Å². The van der Waals surface area contributed by atoms with Gasteiger partial charge in [-0.25, -0.2) is 0 Å². The number of unbranched alkanes of at least 4 members (excludes halogenated alkanes) is 13. The van der Waals surface area contributed by atoms with Crippen LogP contribution in [-0.2, 0) is 0 Å². The van der Waals surface area contributed by atoms with Crippen molar-refractivity contribution in [2.24, 2.45) is 5.73 Å². The number of hydrogen-bond acceptors (Lipinski definition) is 1. The van der Waals surface area contributed by atoms with E-state index in [4.69, 9.17) is 5.73 Å². The maximum absolute atomic E-state index is 5.74. The predicted octanol–water partition coefficient (Wildman–Crippen LogP) is 6.63. The molecule has 0 saturated carbocycles. The van der Waals surface area contributed by atoms with E-state index in [1.165, 1.54) is 96.3 Å². The van der Waals surface area contributed by atoms with Gasteiger partial charge in [-0.3, -0.25) is 0 Å². The van der Waals surface area contributed by atoms with Gasteiger partial charge in [-0.2, -0.15) is 0 Å². The lowest BCUT2D eigenvalue weighted by Crippen LogP contribution is -2.13. The molecule has 124 valence electrons. The van der Waals surface area contributed by atoms with Gasteiger partial charge in [0.15, 0.2) is 0 Å². The van der Waals surface area contributed by atoms with Crippen LogP contribution in [0, 0.1) is 0 Å². The van der Waals surface area contributed by atoms with E-state index in [1.54, 1.807) is 0 Å². The van der Waals surface area contributed by atoms with E-state index >= 15 is 0 Å². The zero-order valence-electron chi connectivity index (χ0n) is 14.2. The number of hydrogen-bond donors (Lipinski definition) is 1. The van der Waals surface area contributed by atoms with Crippen molar-refractivity contribution in [3.05, 3.63) is 0 Å². The van der Waals surface area contributed by atoms with E-state index in [0.29, 0.717) is 6.04 Å². The van der Waals surface area contributed by atoms with Gasteiger partial charge in [0.25, 0.3) is 0 Å².